The van der Waals surface area contributed by atoms with Crippen molar-refractivity contribution < 1.29 is 14.8 Å². The second-order valence-electron chi connectivity index (χ2n) is 3.87. The highest BCUT2D eigenvalue weighted by Gasteiger charge is 2.26. The standard InChI is InChI=1S/C12H10N2O4S/c15-12(16)9(6-8-4-2-1-3-5-8)11-13-7-10(19-11)14(17)18/h1-5,7,9H,6H2,(H,15,16). The smallest absolute Gasteiger partial charge is 0.343 e. The van der Waals surface area contributed by atoms with Crippen molar-refractivity contribution in [2.24, 2.45) is 0 Å². The van der Waals surface area contributed by atoms with Gasteiger partial charge in [-0.15, -0.1) is 0 Å². The molecule has 0 aliphatic carbocycles. The van der Waals surface area contributed by atoms with Crippen LogP contribution in [0, 0.1) is 10.1 Å². The quantitative estimate of drug-likeness (QED) is 0.669. The fourth-order valence-electron chi connectivity index (χ4n) is 1.65. The average Bonchev–Trinajstić information content (AvgIpc) is 2.86. The Hall–Kier alpha value is -2.28. The molecule has 0 fully saturated rings. The molecule has 0 bridgehead atoms. The summed E-state index contributed by atoms with van der Waals surface area (Å²) in [6.45, 7) is 0. The summed E-state index contributed by atoms with van der Waals surface area (Å²) in [4.78, 5) is 25.2. The molecule has 1 aromatic heterocycles. The third-order valence-electron chi connectivity index (χ3n) is 2.57. The molecule has 98 valence electrons. The van der Waals surface area contributed by atoms with Crippen LogP contribution in [0.25, 0.3) is 0 Å². The molecule has 0 spiro atoms. The van der Waals surface area contributed by atoms with Crippen LogP contribution < -0.4 is 0 Å². The molecule has 1 N–H and O–H groups in total. The molecular formula is C12H10N2O4S. The molecule has 0 saturated carbocycles. The van der Waals surface area contributed by atoms with Gasteiger partial charge in [0.05, 0.1) is 4.92 Å². The number of carboxylic acids is 1. The predicted molar refractivity (Wildman–Crippen MR) is 69.3 cm³/mol. The van der Waals surface area contributed by atoms with Gasteiger partial charge in [0.15, 0.2) is 0 Å². The van der Waals surface area contributed by atoms with Crippen molar-refractivity contribution >= 4 is 22.3 Å². The average molecular weight is 278 g/mol. The highest BCUT2D eigenvalue weighted by molar-refractivity contribution is 7.15. The van der Waals surface area contributed by atoms with Gasteiger partial charge in [-0.05, 0) is 23.3 Å². The lowest BCUT2D eigenvalue weighted by molar-refractivity contribution is -0.380. The maximum absolute atomic E-state index is 11.3. The van der Waals surface area contributed by atoms with E-state index in [0.717, 1.165) is 23.1 Å². The van der Waals surface area contributed by atoms with Gasteiger partial charge in [0.2, 0.25) is 0 Å². The van der Waals surface area contributed by atoms with Crippen molar-refractivity contribution in [1.82, 2.24) is 4.98 Å². The Labute approximate surface area is 112 Å². The van der Waals surface area contributed by atoms with E-state index in [1.54, 1.807) is 0 Å². The van der Waals surface area contributed by atoms with E-state index in [1.807, 2.05) is 30.3 Å². The van der Waals surface area contributed by atoms with Gasteiger partial charge >= 0.3 is 11.0 Å². The number of benzene rings is 1. The fourth-order valence-corrected chi connectivity index (χ4v) is 2.48. The summed E-state index contributed by atoms with van der Waals surface area (Å²) in [5, 5.41) is 19.9. The van der Waals surface area contributed by atoms with E-state index in [2.05, 4.69) is 4.98 Å². The molecule has 0 amide bonds. The molecule has 1 heterocycles. The van der Waals surface area contributed by atoms with Crippen molar-refractivity contribution in [3.63, 3.8) is 0 Å². The van der Waals surface area contributed by atoms with Gasteiger partial charge in [0.1, 0.15) is 17.1 Å². The number of carboxylic acid groups (broad SMARTS) is 1. The van der Waals surface area contributed by atoms with Crippen LogP contribution in [-0.2, 0) is 11.2 Å². The van der Waals surface area contributed by atoms with E-state index in [1.165, 1.54) is 0 Å². The first-order valence-corrected chi connectivity index (χ1v) is 6.26. The second-order valence-corrected chi connectivity index (χ2v) is 4.92. The number of nitro groups is 1. The molecule has 2 aromatic rings. The number of aromatic nitrogens is 1. The van der Waals surface area contributed by atoms with E-state index in [0.29, 0.717) is 0 Å². The Morgan fingerprint density at radius 3 is 2.63 bits per heavy atom. The summed E-state index contributed by atoms with van der Waals surface area (Å²) in [5.74, 6) is -1.89. The summed E-state index contributed by atoms with van der Waals surface area (Å²) in [5.41, 5.74) is 0.854. The molecule has 6 nitrogen and oxygen atoms in total. The van der Waals surface area contributed by atoms with Crippen LogP contribution in [0.1, 0.15) is 16.5 Å². The van der Waals surface area contributed by atoms with Gasteiger partial charge in [-0.25, -0.2) is 4.98 Å². The highest BCUT2D eigenvalue weighted by atomic mass is 32.1. The van der Waals surface area contributed by atoms with Crippen molar-refractivity contribution in [3.05, 3.63) is 57.2 Å². The monoisotopic (exact) mass is 278 g/mol. The maximum atomic E-state index is 11.3. The van der Waals surface area contributed by atoms with Crippen LogP contribution in [0.15, 0.2) is 36.5 Å². The maximum Gasteiger partial charge on any atom is 0.343 e. The van der Waals surface area contributed by atoms with Gasteiger partial charge in [-0.1, -0.05) is 30.3 Å². The molecule has 0 saturated heterocycles. The molecule has 19 heavy (non-hydrogen) atoms. The normalized spacial score (nSPS) is 12.0. The van der Waals surface area contributed by atoms with Crippen LogP contribution >= 0.6 is 11.3 Å². The van der Waals surface area contributed by atoms with Gasteiger partial charge in [0.25, 0.3) is 0 Å². The molecule has 2 rings (SSSR count). The number of rotatable bonds is 5. The molecule has 1 aromatic carbocycles. The van der Waals surface area contributed by atoms with E-state index < -0.39 is 16.8 Å². The first-order chi connectivity index (χ1) is 9.08. The van der Waals surface area contributed by atoms with Crippen LogP contribution in [-0.4, -0.2) is 21.0 Å². The predicted octanol–water partition coefficient (Wildman–Crippen LogP) is 2.46. The Morgan fingerprint density at radius 1 is 1.42 bits per heavy atom. The Balaban J connectivity index is 2.25. The van der Waals surface area contributed by atoms with Crippen molar-refractivity contribution in [2.75, 3.05) is 0 Å². The second kappa shape index (κ2) is 5.57. The van der Waals surface area contributed by atoms with Gasteiger partial charge in [-0.3, -0.25) is 14.9 Å². The molecule has 1 unspecified atom stereocenters. The molecular weight excluding hydrogens is 268 g/mol. The van der Waals surface area contributed by atoms with Crippen molar-refractivity contribution in [3.8, 4) is 0 Å². The highest BCUT2D eigenvalue weighted by Crippen LogP contribution is 2.29. The topological polar surface area (TPSA) is 93.3 Å². The van der Waals surface area contributed by atoms with Crippen molar-refractivity contribution in [1.29, 1.82) is 0 Å². The summed E-state index contributed by atoms with van der Waals surface area (Å²) in [7, 11) is 0. The number of aliphatic carboxylic acids is 1. The van der Waals surface area contributed by atoms with Gasteiger partial charge in [0, 0.05) is 0 Å². The third kappa shape index (κ3) is 3.14. The van der Waals surface area contributed by atoms with Gasteiger partial charge < -0.3 is 5.11 Å². The zero-order valence-electron chi connectivity index (χ0n) is 9.72. The SMILES string of the molecule is O=C(O)C(Cc1ccccc1)c1ncc([N+](=O)[O-])s1. The zero-order chi connectivity index (χ0) is 13.8. The first kappa shape index (κ1) is 13.2. The number of nitrogens with zero attached hydrogens (tertiary/aromatic N) is 2. The van der Waals surface area contributed by atoms with Crippen LogP contribution in [0.3, 0.4) is 0 Å². The zero-order valence-corrected chi connectivity index (χ0v) is 10.5. The molecule has 0 aliphatic heterocycles. The molecule has 1 atom stereocenters. The summed E-state index contributed by atoms with van der Waals surface area (Å²) in [6.07, 6.45) is 1.36. The number of carbonyl (C=O) groups is 1. The number of hydrogen-bond donors (Lipinski definition) is 1. The first-order valence-electron chi connectivity index (χ1n) is 5.45. The van der Waals surface area contributed by atoms with Crippen LogP contribution in [0.5, 0.6) is 0 Å². The van der Waals surface area contributed by atoms with E-state index in [9.17, 15) is 20.0 Å². The number of hydrogen-bond acceptors (Lipinski definition) is 5. The lowest BCUT2D eigenvalue weighted by atomic mass is 10.0. The lowest BCUT2D eigenvalue weighted by Gasteiger charge is -2.08. The van der Waals surface area contributed by atoms with Gasteiger partial charge in [-0.2, -0.15) is 0 Å². The minimum absolute atomic E-state index is 0.144. The Morgan fingerprint density at radius 2 is 2.11 bits per heavy atom. The van der Waals surface area contributed by atoms with Crippen LogP contribution in [0.4, 0.5) is 5.00 Å². The Kier molecular flexibility index (Phi) is 3.86. The minimum atomic E-state index is -1.03. The molecule has 7 heteroatoms. The van der Waals surface area contributed by atoms with E-state index >= 15 is 0 Å². The molecule has 0 aliphatic rings. The third-order valence-corrected chi connectivity index (χ3v) is 3.63. The summed E-state index contributed by atoms with van der Waals surface area (Å²) < 4.78 is 0. The lowest BCUT2D eigenvalue weighted by Crippen LogP contribution is -2.14. The number of thiazole rings is 1. The van der Waals surface area contributed by atoms with Crippen LogP contribution in [0.2, 0.25) is 0 Å². The minimum Gasteiger partial charge on any atom is -0.481 e. The van der Waals surface area contributed by atoms with E-state index in [-0.39, 0.29) is 16.4 Å². The molecule has 0 radical (unpaired) electrons. The Bertz CT molecular complexity index is 597. The summed E-state index contributed by atoms with van der Waals surface area (Å²) in [6, 6.07) is 9.11. The van der Waals surface area contributed by atoms with Crippen molar-refractivity contribution in [2.45, 2.75) is 12.3 Å². The summed E-state index contributed by atoms with van der Waals surface area (Å²) >= 11 is 0.806. The van der Waals surface area contributed by atoms with E-state index in [4.69, 9.17) is 0 Å². The largest absolute Gasteiger partial charge is 0.481 e. The fraction of sp³-hybridized carbons (Fsp3) is 0.167.